The van der Waals surface area contributed by atoms with Crippen LogP contribution in [0.4, 0.5) is 8.78 Å². The zero-order chi connectivity index (χ0) is 14.2. The Kier molecular flexibility index (Phi) is 4.20. The summed E-state index contributed by atoms with van der Waals surface area (Å²) in [6.07, 6.45) is 3.13. The first-order valence-corrected chi connectivity index (χ1v) is 7.35. The van der Waals surface area contributed by atoms with E-state index in [0.717, 1.165) is 25.3 Å². The Hall–Kier alpha value is -0.630. The molecule has 0 spiro atoms. The summed E-state index contributed by atoms with van der Waals surface area (Å²) in [4.78, 5) is 0. The molecule has 2 rings (SSSR count). The van der Waals surface area contributed by atoms with E-state index in [0.29, 0.717) is 11.5 Å². The van der Waals surface area contributed by atoms with Gasteiger partial charge in [-0.1, -0.05) is 27.2 Å². The fraction of sp³-hybridized carbons (Fsp3) is 0.625. The number of halogens is 3. The molecule has 1 fully saturated rings. The van der Waals surface area contributed by atoms with Crippen LogP contribution in [0.15, 0.2) is 18.2 Å². The number of rotatable bonds is 2. The zero-order valence-corrected chi connectivity index (χ0v) is 12.5. The van der Waals surface area contributed by atoms with Gasteiger partial charge in [0.2, 0.25) is 0 Å². The van der Waals surface area contributed by atoms with E-state index in [4.69, 9.17) is 11.6 Å². The Labute approximate surface area is 119 Å². The second kappa shape index (κ2) is 5.40. The fourth-order valence-electron chi connectivity index (χ4n) is 3.26. The first kappa shape index (κ1) is 14.8. The Balaban J connectivity index is 2.30. The highest BCUT2D eigenvalue weighted by Crippen LogP contribution is 2.44. The maximum Gasteiger partial charge on any atom is 0.126 e. The highest BCUT2D eigenvalue weighted by molar-refractivity contribution is 6.20. The summed E-state index contributed by atoms with van der Waals surface area (Å²) in [7, 11) is 0. The maximum absolute atomic E-state index is 13.4. The molecule has 106 valence electrons. The van der Waals surface area contributed by atoms with Crippen molar-refractivity contribution in [3.8, 4) is 0 Å². The molecule has 1 saturated carbocycles. The molecule has 0 nitrogen and oxygen atoms in total. The van der Waals surface area contributed by atoms with Crippen molar-refractivity contribution in [3.63, 3.8) is 0 Å². The van der Waals surface area contributed by atoms with Gasteiger partial charge in [0.05, 0.1) is 0 Å². The minimum Gasteiger partial charge on any atom is -0.207 e. The topological polar surface area (TPSA) is 0 Å². The Morgan fingerprint density at radius 1 is 1.11 bits per heavy atom. The van der Waals surface area contributed by atoms with Crippen molar-refractivity contribution in [2.24, 2.45) is 11.8 Å². The number of alkyl halides is 1. The van der Waals surface area contributed by atoms with Crippen LogP contribution in [-0.2, 0) is 5.41 Å². The smallest absolute Gasteiger partial charge is 0.126 e. The van der Waals surface area contributed by atoms with E-state index in [1.54, 1.807) is 0 Å². The lowest BCUT2D eigenvalue weighted by Gasteiger charge is -2.42. The Bertz CT molecular complexity index is 436. The zero-order valence-electron chi connectivity index (χ0n) is 11.7. The van der Waals surface area contributed by atoms with Crippen LogP contribution in [-0.4, -0.2) is 5.38 Å². The molecule has 0 aliphatic heterocycles. The summed E-state index contributed by atoms with van der Waals surface area (Å²) in [6, 6.07) is 3.79. The van der Waals surface area contributed by atoms with Crippen molar-refractivity contribution in [1.29, 1.82) is 0 Å². The normalized spacial score (nSPS) is 28.4. The van der Waals surface area contributed by atoms with E-state index in [-0.39, 0.29) is 16.7 Å². The summed E-state index contributed by atoms with van der Waals surface area (Å²) in [5, 5.41) is 0.0741. The molecule has 0 aromatic heterocycles. The second-order valence-electron chi connectivity index (χ2n) is 6.42. The molecule has 0 saturated heterocycles. The first-order valence-electron chi connectivity index (χ1n) is 6.91. The molecule has 0 radical (unpaired) electrons. The van der Waals surface area contributed by atoms with E-state index in [1.165, 1.54) is 12.1 Å². The van der Waals surface area contributed by atoms with Gasteiger partial charge >= 0.3 is 0 Å². The standard InChI is InChI=1S/C16H21ClF2/c1-10-4-5-14(15(17)6-10)16(2,3)11-7-12(18)9-13(19)8-11/h7-10,14-15H,4-6H2,1-3H3. The monoisotopic (exact) mass is 286 g/mol. The predicted molar refractivity (Wildman–Crippen MR) is 75.5 cm³/mol. The molecular weight excluding hydrogens is 266 g/mol. The molecule has 3 atom stereocenters. The molecule has 3 heteroatoms. The van der Waals surface area contributed by atoms with Crippen molar-refractivity contribution in [1.82, 2.24) is 0 Å². The molecule has 0 N–H and O–H groups in total. The number of hydrogen-bond donors (Lipinski definition) is 0. The van der Waals surface area contributed by atoms with Crippen LogP contribution in [0, 0.1) is 23.5 Å². The molecule has 19 heavy (non-hydrogen) atoms. The third-order valence-electron chi connectivity index (χ3n) is 4.57. The van der Waals surface area contributed by atoms with E-state index in [2.05, 4.69) is 6.92 Å². The van der Waals surface area contributed by atoms with Gasteiger partial charge in [0.25, 0.3) is 0 Å². The van der Waals surface area contributed by atoms with Crippen molar-refractivity contribution < 1.29 is 8.78 Å². The Morgan fingerprint density at radius 3 is 2.21 bits per heavy atom. The van der Waals surface area contributed by atoms with Crippen molar-refractivity contribution in [2.75, 3.05) is 0 Å². The van der Waals surface area contributed by atoms with Gasteiger partial charge in [0, 0.05) is 11.4 Å². The lowest BCUT2D eigenvalue weighted by molar-refractivity contribution is 0.207. The van der Waals surface area contributed by atoms with Crippen LogP contribution in [0.5, 0.6) is 0 Å². The molecule has 1 aliphatic carbocycles. The summed E-state index contributed by atoms with van der Waals surface area (Å²) in [5.41, 5.74) is 0.394. The molecule has 1 aliphatic rings. The fourth-order valence-corrected chi connectivity index (χ4v) is 4.01. The van der Waals surface area contributed by atoms with E-state index >= 15 is 0 Å². The van der Waals surface area contributed by atoms with Gasteiger partial charge < -0.3 is 0 Å². The molecule has 3 unspecified atom stereocenters. The predicted octanol–water partition coefficient (Wildman–Crippen LogP) is 5.29. The molecule has 1 aromatic carbocycles. The van der Waals surface area contributed by atoms with Crippen molar-refractivity contribution >= 4 is 11.6 Å². The SMILES string of the molecule is CC1CCC(C(C)(C)c2cc(F)cc(F)c2)C(Cl)C1. The van der Waals surface area contributed by atoms with Crippen LogP contribution in [0.2, 0.25) is 0 Å². The summed E-state index contributed by atoms with van der Waals surface area (Å²) in [6.45, 7) is 6.29. The average Bonchev–Trinajstić information content (AvgIpc) is 2.26. The second-order valence-corrected chi connectivity index (χ2v) is 6.98. The van der Waals surface area contributed by atoms with Crippen LogP contribution in [0.25, 0.3) is 0 Å². The highest BCUT2D eigenvalue weighted by Gasteiger charge is 2.39. The maximum atomic E-state index is 13.4. The summed E-state index contributed by atoms with van der Waals surface area (Å²) >= 11 is 6.50. The van der Waals surface area contributed by atoms with Crippen molar-refractivity contribution in [2.45, 2.75) is 50.8 Å². The van der Waals surface area contributed by atoms with E-state index in [9.17, 15) is 8.78 Å². The molecule has 0 heterocycles. The van der Waals surface area contributed by atoms with E-state index < -0.39 is 11.6 Å². The van der Waals surface area contributed by atoms with Gasteiger partial charge in [-0.05, 0) is 47.8 Å². The van der Waals surface area contributed by atoms with Gasteiger partial charge in [-0.25, -0.2) is 8.78 Å². The van der Waals surface area contributed by atoms with Gasteiger partial charge in [-0.3, -0.25) is 0 Å². The summed E-state index contributed by atoms with van der Waals surface area (Å²) in [5.74, 6) is -0.137. The molecule has 0 bridgehead atoms. The molecular formula is C16H21ClF2. The minimum absolute atomic E-state index is 0.0741. The first-order chi connectivity index (χ1) is 8.80. The van der Waals surface area contributed by atoms with Gasteiger partial charge in [-0.2, -0.15) is 0 Å². The number of hydrogen-bond acceptors (Lipinski definition) is 0. The number of benzene rings is 1. The van der Waals surface area contributed by atoms with Crippen LogP contribution in [0.3, 0.4) is 0 Å². The molecule has 1 aromatic rings. The average molecular weight is 287 g/mol. The lowest BCUT2D eigenvalue weighted by atomic mass is 9.65. The quantitative estimate of drug-likeness (QED) is 0.648. The van der Waals surface area contributed by atoms with Gasteiger partial charge in [-0.15, -0.1) is 11.6 Å². The van der Waals surface area contributed by atoms with Crippen LogP contribution < -0.4 is 0 Å². The third-order valence-corrected chi connectivity index (χ3v) is 5.05. The van der Waals surface area contributed by atoms with Gasteiger partial charge in [0.1, 0.15) is 11.6 Å². The lowest BCUT2D eigenvalue weighted by Crippen LogP contribution is -2.39. The Morgan fingerprint density at radius 2 is 1.68 bits per heavy atom. The third kappa shape index (κ3) is 3.10. The van der Waals surface area contributed by atoms with Crippen LogP contribution in [0.1, 0.15) is 45.6 Å². The largest absolute Gasteiger partial charge is 0.207 e. The minimum atomic E-state index is -0.515. The highest BCUT2D eigenvalue weighted by atomic mass is 35.5. The van der Waals surface area contributed by atoms with Gasteiger partial charge in [0.15, 0.2) is 0 Å². The van der Waals surface area contributed by atoms with Crippen LogP contribution >= 0.6 is 11.6 Å². The van der Waals surface area contributed by atoms with Crippen molar-refractivity contribution in [3.05, 3.63) is 35.4 Å². The van der Waals surface area contributed by atoms with E-state index in [1.807, 2.05) is 13.8 Å². The molecule has 0 amide bonds. The summed E-state index contributed by atoms with van der Waals surface area (Å²) < 4.78 is 26.8.